The Labute approximate surface area is 133 Å². The van der Waals surface area contributed by atoms with Crippen molar-refractivity contribution in [1.29, 1.82) is 0 Å². The molecule has 0 bridgehead atoms. The Morgan fingerprint density at radius 3 is 3.00 bits per heavy atom. The number of halogens is 1. The molecule has 3 atom stereocenters. The zero-order chi connectivity index (χ0) is 15.0. The van der Waals surface area contributed by atoms with Crippen LogP contribution < -0.4 is 15.4 Å². The van der Waals surface area contributed by atoms with Crippen LogP contribution in [-0.4, -0.2) is 25.6 Å². The third-order valence-corrected chi connectivity index (χ3v) is 5.22. The molecule has 5 heteroatoms. The van der Waals surface area contributed by atoms with E-state index >= 15 is 0 Å². The van der Waals surface area contributed by atoms with E-state index in [0.717, 1.165) is 28.7 Å². The van der Waals surface area contributed by atoms with Crippen molar-refractivity contribution in [3.63, 3.8) is 0 Å². The number of amides is 1. The van der Waals surface area contributed by atoms with Crippen LogP contribution >= 0.6 is 15.9 Å². The maximum atomic E-state index is 12.6. The summed E-state index contributed by atoms with van der Waals surface area (Å²) in [6.45, 7) is 2.95. The first-order valence-electron chi connectivity index (χ1n) is 7.48. The zero-order valence-electron chi connectivity index (χ0n) is 12.4. The smallest absolute Gasteiger partial charge is 0.241 e. The Morgan fingerprint density at radius 2 is 2.24 bits per heavy atom. The van der Waals surface area contributed by atoms with Crippen LogP contribution in [-0.2, 0) is 4.79 Å². The molecule has 0 spiro atoms. The van der Waals surface area contributed by atoms with Gasteiger partial charge in [0.25, 0.3) is 0 Å². The third kappa shape index (κ3) is 2.81. The van der Waals surface area contributed by atoms with Crippen molar-refractivity contribution in [2.24, 2.45) is 11.8 Å². The summed E-state index contributed by atoms with van der Waals surface area (Å²) in [5.74, 6) is 1.92. The summed E-state index contributed by atoms with van der Waals surface area (Å²) in [4.78, 5) is 12.6. The number of carbonyl (C=O) groups excluding carboxylic acids is 1. The SMILES string of the molecule is COc1cc(Br)cc(C)c1NC(=O)C1NCC2CCCC21. The average Bonchev–Trinajstić information content (AvgIpc) is 3.03. The van der Waals surface area contributed by atoms with Gasteiger partial charge in [-0.3, -0.25) is 4.79 Å². The van der Waals surface area contributed by atoms with Crippen LogP contribution in [0.2, 0.25) is 0 Å². The Kier molecular flexibility index (Phi) is 4.22. The van der Waals surface area contributed by atoms with E-state index in [1.165, 1.54) is 12.8 Å². The van der Waals surface area contributed by atoms with Crippen LogP contribution in [0.3, 0.4) is 0 Å². The highest BCUT2D eigenvalue weighted by atomic mass is 79.9. The molecule has 1 amide bonds. The molecule has 4 nitrogen and oxygen atoms in total. The van der Waals surface area contributed by atoms with Crippen molar-refractivity contribution >= 4 is 27.5 Å². The monoisotopic (exact) mass is 352 g/mol. The Balaban J connectivity index is 1.79. The molecule has 21 heavy (non-hydrogen) atoms. The summed E-state index contributed by atoms with van der Waals surface area (Å²) >= 11 is 3.45. The number of methoxy groups -OCH3 is 1. The lowest BCUT2D eigenvalue weighted by atomic mass is 9.93. The van der Waals surface area contributed by atoms with E-state index in [2.05, 4.69) is 26.6 Å². The number of nitrogens with one attached hydrogen (secondary N) is 2. The number of rotatable bonds is 3. The molecule has 2 fully saturated rings. The minimum Gasteiger partial charge on any atom is -0.495 e. The number of fused-ring (bicyclic) bond motifs is 1. The number of ether oxygens (including phenoxy) is 1. The molecular weight excluding hydrogens is 332 g/mol. The predicted molar refractivity (Wildman–Crippen MR) is 86.7 cm³/mol. The van der Waals surface area contributed by atoms with Crippen molar-refractivity contribution in [3.05, 3.63) is 22.2 Å². The quantitative estimate of drug-likeness (QED) is 0.878. The van der Waals surface area contributed by atoms with E-state index in [0.29, 0.717) is 17.6 Å². The molecule has 1 aliphatic heterocycles. The molecule has 1 aromatic carbocycles. The summed E-state index contributed by atoms with van der Waals surface area (Å²) < 4.78 is 6.34. The molecule has 2 N–H and O–H groups in total. The average molecular weight is 353 g/mol. The van der Waals surface area contributed by atoms with Gasteiger partial charge in [0.15, 0.2) is 0 Å². The van der Waals surface area contributed by atoms with Crippen molar-refractivity contribution in [1.82, 2.24) is 5.32 Å². The molecule has 3 unspecified atom stereocenters. The molecule has 1 saturated carbocycles. The van der Waals surface area contributed by atoms with E-state index < -0.39 is 0 Å². The minimum absolute atomic E-state index is 0.0631. The van der Waals surface area contributed by atoms with Gasteiger partial charge >= 0.3 is 0 Å². The van der Waals surface area contributed by atoms with Gasteiger partial charge in [-0.1, -0.05) is 22.4 Å². The Bertz CT molecular complexity index is 561. The molecule has 1 aromatic rings. The molecule has 3 rings (SSSR count). The van der Waals surface area contributed by atoms with Crippen molar-refractivity contribution in [2.45, 2.75) is 32.2 Å². The number of benzene rings is 1. The second-order valence-corrected chi connectivity index (χ2v) is 6.95. The highest BCUT2D eigenvalue weighted by molar-refractivity contribution is 9.10. The molecule has 114 valence electrons. The highest BCUT2D eigenvalue weighted by Gasteiger charge is 2.42. The third-order valence-electron chi connectivity index (χ3n) is 4.76. The first-order valence-corrected chi connectivity index (χ1v) is 8.28. The van der Waals surface area contributed by atoms with Gasteiger partial charge in [-0.05, 0) is 55.8 Å². The molecule has 0 aromatic heterocycles. The number of hydrogen-bond acceptors (Lipinski definition) is 3. The van der Waals surface area contributed by atoms with Crippen molar-refractivity contribution < 1.29 is 9.53 Å². The van der Waals surface area contributed by atoms with Crippen LogP contribution in [0, 0.1) is 18.8 Å². The van der Waals surface area contributed by atoms with Gasteiger partial charge in [0, 0.05) is 4.47 Å². The van der Waals surface area contributed by atoms with Crippen LogP contribution in [0.15, 0.2) is 16.6 Å². The first-order chi connectivity index (χ1) is 10.1. The molecule has 2 aliphatic rings. The van der Waals surface area contributed by atoms with E-state index in [4.69, 9.17) is 4.74 Å². The van der Waals surface area contributed by atoms with Gasteiger partial charge in [0.2, 0.25) is 5.91 Å². The topological polar surface area (TPSA) is 50.4 Å². The summed E-state index contributed by atoms with van der Waals surface area (Å²) in [6.07, 6.45) is 3.66. The van der Waals surface area contributed by atoms with Crippen LogP contribution in [0.25, 0.3) is 0 Å². The Hall–Kier alpha value is -1.07. The van der Waals surface area contributed by atoms with Gasteiger partial charge in [0.05, 0.1) is 18.8 Å². The fourth-order valence-corrected chi connectivity index (χ4v) is 4.26. The molecular formula is C16H21BrN2O2. The lowest BCUT2D eigenvalue weighted by molar-refractivity contribution is -0.118. The second-order valence-electron chi connectivity index (χ2n) is 6.03. The highest BCUT2D eigenvalue weighted by Crippen LogP contribution is 2.39. The summed E-state index contributed by atoms with van der Waals surface area (Å²) in [5.41, 5.74) is 1.77. The lowest BCUT2D eigenvalue weighted by Crippen LogP contribution is -2.40. The molecule has 1 saturated heterocycles. The standard InChI is InChI=1S/C16H21BrN2O2/c1-9-6-11(17)7-13(21-2)14(9)19-16(20)15-12-5-3-4-10(12)8-18-15/h6-7,10,12,15,18H,3-5,8H2,1-2H3,(H,19,20). The lowest BCUT2D eigenvalue weighted by Gasteiger charge is -2.20. The van der Waals surface area contributed by atoms with Gasteiger partial charge in [-0.15, -0.1) is 0 Å². The number of carbonyl (C=O) groups is 1. The van der Waals surface area contributed by atoms with Crippen LogP contribution in [0.4, 0.5) is 5.69 Å². The number of anilines is 1. The fraction of sp³-hybridized carbons (Fsp3) is 0.562. The summed E-state index contributed by atoms with van der Waals surface area (Å²) in [7, 11) is 1.62. The number of aryl methyl sites for hydroxylation is 1. The normalized spacial score (nSPS) is 27.5. The molecule has 1 aliphatic carbocycles. The van der Waals surface area contributed by atoms with Gasteiger partial charge in [0.1, 0.15) is 5.75 Å². The van der Waals surface area contributed by atoms with Gasteiger partial charge in [-0.25, -0.2) is 0 Å². The predicted octanol–water partition coefficient (Wildman–Crippen LogP) is 3.09. The fourth-order valence-electron chi connectivity index (χ4n) is 3.71. The van der Waals surface area contributed by atoms with E-state index in [9.17, 15) is 4.79 Å². The zero-order valence-corrected chi connectivity index (χ0v) is 14.0. The van der Waals surface area contributed by atoms with Crippen molar-refractivity contribution in [3.8, 4) is 5.75 Å². The van der Waals surface area contributed by atoms with Gasteiger partial charge in [-0.2, -0.15) is 0 Å². The molecule has 0 radical (unpaired) electrons. The van der Waals surface area contributed by atoms with Crippen LogP contribution in [0.5, 0.6) is 5.75 Å². The Morgan fingerprint density at radius 1 is 1.43 bits per heavy atom. The van der Waals surface area contributed by atoms with Gasteiger partial charge < -0.3 is 15.4 Å². The van der Waals surface area contributed by atoms with E-state index in [-0.39, 0.29) is 11.9 Å². The summed E-state index contributed by atoms with van der Waals surface area (Å²) in [6, 6.07) is 3.80. The van der Waals surface area contributed by atoms with Crippen molar-refractivity contribution in [2.75, 3.05) is 19.0 Å². The van der Waals surface area contributed by atoms with Crippen LogP contribution in [0.1, 0.15) is 24.8 Å². The second kappa shape index (κ2) is 5.97. The minimum atomic E-state index is -0.0646. The van der Waals surface area contributed by atoms with E-state index in [1.54, 1.807) is 7.11 Å². The maximum absolute atomic E-state index is 12.6. The molecule has 1 heterocycles. The number of hydrogen-bond donors (Lipinski definition) is 2. The summed E-state index contributed by atoms with van der Waals surface area (Å²) in [5, 5.41) is 6.45. The first kappa shape index (κ1) is 14.9. The van der Waals surface area contributed by atoms with E-state index in [1.807, 2.05) is 19.1 Å². The maximum Gasteiger partial charge on any atom is 0.241 e. The largest absolute Gasteiger partial charge is 0.495 e.